The number of thioether (sulfide) groups is 1. The quantitative estimate of drug-likeness (QED) is 0.799. The van der Waals surface area contributed by atoms with E-state index in [9.17, 15) is 14.7 Å². The van der Waals surface area contributed by atoms with Gasteiger partial charge in [-0.05, 0) is 25.2 Å². The Labute approximate surface area is 111 Å². The van der Waals surface area contributed by atoms with Crippen LogP contribution in [0.3, 0.4) is 0 Å². The molecule has 2 unspecified atom stereocenters. The van der Waals surface area contributed by atoms with Crippen molar-refractivity contribution in [2.75, 3.05) is 12.3 Å². The maximum absolute atomic E-state index is 12.1. The molecule has 2 N–H and O–H groups in total. The van der Waals surface area contributed by atoms with E-state index in [2.05, 4.69) is 12.2 Å². The Morgan fingerprint density at radius 3 is 2.72 bits per heavy atom. The van der Waals surface area contributed by atoms with Gasteiger partial charge in [-0.3, -0.25) is 4.90 Å². The third-order valence-corrected chi connectivity index (χ3v) is 4.74. The summed E-state index contributed by atoms with van der Waals surface area (Å²) in [6, 6.07) is -0.886. The molecule has 1 saturated carbocycles. The number of nitrogens with zero attached hydrogens (tertiary/aromatic N) is 1. The Balaban J connectivity index is 1.96. The van der Waals surface area contributed by atoms with Crippen LogP contribution in [-0.4, -0.2) is 45.7 Å². The highest BCUT2D eigenvalue weighted by Crippen LogP contribution is 2.33. The number of carboxylic acid groups (broad SMARTS) is 1. The van der Waals surface area contributed by atoms with Gasteiger partial charge >= 0.3 is 12.0 Å². The van der Waals surface area contributed by atoms with Gasteiger partial charge in [0.1, 0.15) is 6.04 Å². The largest absolute Gasteiger partial charge is 0.480 e. The molecule has 102 valence electrons. The summed E-state index contributed by atoms with van der Waals surface area (Å²) in [5, 5.41) is 12.1. The molecule has 2 amide bonds. The monoisotopic (exact) mass is 272 g/mol. The van der Waals surface area contributed by atoms with Crippen molar-refractivity contribution < 1.29 is 14.7 Å². The predicted octanol–water partition coefficient (Wildman–Crippen LogP) is 1.73. The molecule has 0 aromatic carbocycles. The minimum atomic E-state index is -0.900. The first-order valence-electron chi connectivity index (χ1n) is 6.54. The zero-order valence-corrected chi connectivity index (χ0v) is 11.4. The van der Waals surface area contributed by atoms with Gasteiger partial charge in [-0.1, -0.05) is 13.3 Å². The molecule has 2 fully saturated rings. The van der Waals surface area contributed by atoms with Gasteiger partial charge in [0, 0.05) is 12.3 Å². The fraction of sp³-hybridized carbons (Fsp3) is 0.833. The summed E-state index contributed by atoms with van der Waals surface area (Å²) in [6.07, 6.45) is 4.16. The Bertz CT molecular complexity index is 333. The SMILES string of the molecule is CCCC1SCC(C(=O)O)N1C(=O)NCC1CC1. The van der Waals surface area contributed by atoms with E-state index in [-0.39, 0.29) is 11.4 Å². The van der Waals surface area contributed by atoms with Gasteiger partial charge in [-0.2, -0.15) is 0 Å². The summed E-state index contributed by atoms with van der Waals surface area (Å²) in [6.45, 7) is 2.74. The molecule has 0 bridgehead atoms. The first kappa shape index (κ1) is 13.5. The van der Waals surface area contributed by atoms with E-state index in [0.29, 0.717) is 18.2 Å². The molecule has 2 aliphatic rings. The average Bonchev–Trinajstić information content (AvgIpc) is 3.06. The molecule has 1 saturated heterocycles. The van der Waals surface area contributed by atoms with Crippen LogP contribution in [0.15, 0.2) is 0 Å². The van der Waals surface area contributed by atoms with Crippen LogP contribution in [-0.2, 0) is 4.79 Å². The van der Waals surface area contributed by atoms with Gasteiger partial charge in [0.05, 0.1) is 5.37 Å². The maximum Gasteiger partial charge on any atom is 0.327 e. The highest BCUT2D eigenvalue weighted by molar-refractivity contribution is 8.00. The molecule has 2 atom stereocenters. The normalized spacial score (nSPS) is 27.3. The van der Waals surface area contributed by atoms with Gasteiger partial charge in [0.25, 0.3) is 0 Å². The first-order chi connectivity index (χ1) is 8.63. The van der Waals surface area contributed by atoms with Gasteiger partial charge < -0.3 is 10.4 Å². The summed E-state index contributed by atoms with van der Waals surface area (Å²) in [4.78, 5) is 24.8. The molecule has 1 aliphatic carbocycles. The third-order valence-electron chi connectivity index (χ3n) is 3.39. The zero-order valence-electron chi connectivity index (χ0n) is 10.6. The van der Waals surface area contributed by atoms with Gasteiger partial charge in [0.15, 0.2) is 0 Å². The smallest absolute Gasteiger partial charge is 0.327 e. The number of aliphatic carboxylic acids is 1. The molecule has 2 rings (SSSR count). The number of amides is 2. The van der Waals surface area contributed by atoms with Crippen LogP contribution in [0.2, 0.25) is 0 Å². The lowest BCUT2D eigenvalue weighted by atomic mass is 10.2. The van der Waals surface area contributed by atoms with Gasteiger partial charge in [-0.25, -0.2) is 9.59 Å². The number of urea groups is 1. The second kappa shape index (κ2) is 5.82. The predicted molar refractivity (Wildman–Crippen MR) is 70.5 cm³/mol. The average molecular weight is 272 g/mol. The van der Waals surface area contributed by atoms with E-state index in [0.717, 1.165) is 12.8 Å². The second-order valence-electron chi connectivity index (χ2n) is 4.97. The summed E-state index contributed by atoms with van der Waals surface area (Å²) >= 11 is 1.57. The lowest BCUT2D eigenvalue weighted by Crippen LogP contribution is -2.50. The summed E-state index contributed by atoms with van der Waals surface area (Å²) < 4.78 is 0. The van der Waals surface area contributed by atoms with E-state index in [1.54, 1.807) is 11.8 Å². The Morgan fingerprint density at radius 1 is 1.44 bits per heavy atom. The molecule has 18 heavy (non-hydrogen) atoms. The topological polar surface area (TPSA) is 69.6 Å². The molecular formula is C12H20N2O3S. The molecule has 0 radical (unpaired) electrons. The van der Waals surface area contributed by atoms with Gasteiger partial charge in [-0.15, -0.1) is 11.8 Å². The lowest BCUT2D eigenvalue weighted by Gasteiger charge is -2.27. The zero-order chi connectivity index (χ0) is 13.1. The lowest BCUT2D eigenvalue weighted by molar-refractivity contribution is -0.141. The van der Waals surface area contributed by atoms with Crippen LogP contribution >= 0.6 is 11.8 Å². The number of carbonyl (C=O) groups is 2. The van der Waals surface area contributed by atoms with E-state index in [4.69, 9.17) is 0 Å². The second-order valence-corrected chi connectivity index (χ2v) is 6.18. The molecule has 6 heteroatoms. The van der Waals surface area contributed by atoms with Crippen LogP contribution in [0.4, 0.5) is 4.79 Å². The van der Waals surface area contributed by atoms with Crippen LogP contribution in [0.1, 0.15) is 32.6 Å². The number of nitrogens with one attached hydrogen (secondary N) is 1. The Morgan fingerprint density at radius 2 is 2.17 bits per heavy atom. The number of carbonyl (C=O) groups excluding carboxylic acids is 1. The van der Waals surface area contributed by atoms with Crippen molar-refractivity contribution in [3.05, 3.63) is 0 Å². The van der Waals surface area contributed by atoms with Crippen molar-refractivity contribution in [2.45, 2.75) is 44.0 Å². The van der Waals surface area contributed by atoms with E-state index in [1.807, 2.05) is 0 Å². The molecule has 0 aromatic heterocycles. The summed E-state index contributed by atoms with van der Waals surface area (Å²) in [7, 11) is 0. The van der Waals surface area contributed by atoms with E-state index >= 15 is 0 Å². The minimum Gasteiger partial charge on any atom is -0.480 e. The highest BCUT2D eigenvalue weighted by Gasteiger charge is 2.41. The fourth-order valence-electron chi connectivity index (χ4n) is 2.14. The van der Waals surface area contributed by atoms with Crippen molar-refractivity contribution >= 4 is 23.8 Å². The first-order valence-corrected chi connectivity index (χ1v) is 7.59. The maximum atomic E-state index is 12.1. The third kappa shape index (κ3) is 3.10. The number of carboxylic acids is 1. The summed E-state index contributed by atoms with van der Waals surface area (Å²) in [5.41, 5.74) is 0. The molecule has 1 heterocycles. The molecule has 0 spiro atoms. The fourth-order valence-corrected chi connectivity index (χ4v) is 3.65. The van der Waals surface area contributed by atoms with Crippen molar-refractivity contribution in [3.8, 4) is 0 Å². The van der Waals surface area contributed by atoms with Crippen molar-refractivity contribution in [1.82, 2.24) is 10.2 Å². The summed E-state index contributed by atoms with van der Waals surface area (Å²) in [5.74, 6) is 0.205. The number of hydrogen-bond acceptors (Lipinski definition) is 3. The van der Waals surface area contributed by atoms with Crippen LogP contribution in [0.5, 0.6) is 0 Å². The Hall–Kier alpha value is -0.910. The minimum absolute atomic E-state index is 0.00954. The van der Waals surface area contributed by atoms with Crippen LogP contribution in [0, 0.1) is 5.92 Å². The highest BCUT2D eigenvalue weighted by atomic mass is 32.2. The van der Waals surface area contributed by atoms with E-state index < -0.39 is 12.0 Å². The molecular weight excluding hydrogens is 252 g/mol. The molecule has 5 nitrogen and oxygen atoms in total. The van der Waals surface area contributed by atoms with Crippen LogP contribution in [0.25, 0.3) is 0 Å². The van der Waals surface area contributed by atoms with Crippen molar-refractivity contribution in [1.29, 1.82) is 0 Å². The molecule has 1 aliphatic heterocycles. The van der Waals surface area contributed by atoms with Crippen molar-refractivity contribution in [3.63, 3.8) is 0 Å². The standard InChI is InChI=1S/C12H20N2O3S/c1-2-3-10-14(9(7-18-10)11(15)16)12(17)13-6-8-4-5-8/h8-10H,2-7H2,1H3,(H,13,17)(H,15,16). The van der Waals surface area contributed by atoms with Crippen LogP contribution < -0.4 is 5.32 Å². The number of hydrogen-bond donors (Lipinski definition) is 2. The van der Waals surface area contributed by atoms with E-state index in [1.165, 1.54) is 17.7 Å². The number of rotatable bonds is 5. The van der Waals surface area contributed by atoms with Gasteiger partial charge in [0.2, 0.25) is 0 Å². The van der Waals surface area contributed by atoms with Crippen molar-refractivity contribution in [2.24, 2.45) is 5.92 Å². The Kier molecular flexibility index (Phi) is 4.37. The molecule has 0 aromatic rings.